The van der Waals surface area contributed by atoms with E-state index in [1.807, 2.05) is 13.8 Å². The molecule has 20 nitrogen and oxygen atoms in total. The molecule has 0 saturated carbocycles. The van der Waals surface area contributed by atoms with Crippen molar-refractivity contribution in [2.75, 3.05) is 18.0 Å². The Hall–Kier alpha value is -7.78. The molecule has 21 heteroatoms. The number of aryl methyl sites for hydroxylation is 4. The molecule has 2 aliphatic rings. The van der Waals surface area contributed by atoms with E-state index in [1.54, 1.807) is 14.1 Å². The van der Waals surface area contributed by atoms with Crippen molar-refractivity contribution in [3.63, 3.8) is 0 Å². The molecule has 0 atom stereocenters. The number of benzene rings is 4. The van der Waals surface area contributed by atoms with Gasteiger partial charge in [0.15, 0.2) is 17.1 Å². The summed E-state index contributed by atoms with van der Waals surface area (Å²) in [6.07, 6.45) is 5.29. The molecule has 0 spiro atoms. The summed E-state index contributed by atoms with van der Waals surface area (Å²) >= 11 is 0. The third kappa shape index (κ3) is 11.2. The molecule has 8 rings (SSSR count). The molecule has 4 heterocycles. The molecule has 4 N–H and O–H groups in total. The largest absolute Gasteiger partial charge is 0.506 e. The number of nitro groups is 2. The summed E-state index contributed by atoms with van der Waals surface area (Å²) < 4.78 is 5.04. The van der Waals surface area contributed by atoms with Crippen LogP contribution < -0.4 is 4.90 Å². The van der Waals surface area contributed by atoms with Crippen LogP contribution in [-0.4, -0.2) is 73.2 Å². The van der Waals surface area contributed by atoms with Crippen LogP contribution in [0.4, 0.5) is 45.5 Å². The van der Waals surface area contributed by atoms with Gasteiger partial charge < -0.3 is 25.3 Å². The molecular formula is C51H61CoN12O8+. The average molecular weight is 1030 g/mol. The molecule has 0 fully saturated rings. The molecule has 0 aliphatic carbocycles. The number of likely N-dealkylation sites (N-methyl/N-ethyl adjacent to an activating group) is 1. The predicted octanol–water partition coefficient (Wildman–Crippen LogP) is 12.0. The number of aromatic nitrogens is 4. The van der Waals surface area contributed by atoms with Crippen molar-refractivity contribution in [1.29, 1.82) is 0 Å². The van der Waals surface area contributed by atoms with Crippen molar-refractivity contribution in [2.24, 2.45) is 34.6 Å². The quantitative estimate of drug-likeness (QED) is 0.0366. The van der Waals surface area contributed by atoms with Crippen molar-refractivity contribution < 1.29 is 51.6 Å². The summed E-state index contributed by atoms with van der Waals surface area (Å²) in [6.45, 7) is 19.8. The van der Waals surface area contributed by atoms with Crippen molar-refractivity contribution in [1.82, 2.24) is 19.6 Å². The number of anilines is 1. The Bertz CT molecular complexity index is 2970. The van der Waals surface area contributed by atoms with Crippen LogP contribution in [0.1, 0.15) is 90.7 Å². The smallest absolute Gasteiger partial charge is 0.271 e. The minimum Gasteiger partial charge on any atom is -0.506 e. The first-order valence-corrected chi connectivity index (χ1v) is 23.3. The van der Waals surface area contributed by atoms with E-state index >= 15 is 0 Å². The fraction of sp³-hybridized carbons (Fsp3) is 0.353. The van der Waals surface area contributed by atoms with E-state index in [4.69, 9.17) is 0 Å². The van der Waals surface area contributed by atoms with Gasteiger partial charge in [0.2, 0.25) is 17.4 Å². The first-order chi connectivity index (χ1) is 33.7. The van der Waals surface area contributed by atoms with Crippen LogP contribution in [0.2, 0.25) is 0 Å². The molecule has 2 aliphatic heterocycles. The van der Waals surface area contributed by atoms with Gasteiger partial charge in [-0.1, -0.05) is 76.9 Å². The predicted molar refractivity (Wildman–Crippen MR) is 271 cm³/mol. The molecule has 381 valence electrons. The van der Waals surface area contributed by atoms with Gasteiger partial charge in [0, 0.05) is 96.2 Å². The molecule has 0 amide bonds. The Morgan fingerprint density at radius 2 is 1.11 bits per heavy atom. The van der Waals surface area contributed by atoms with E-state index in [2.05, 4.69) is 136 Å². The van der Waals surface area contributed by atoms with Crippen LogP contribution in [0.15, 0.2) is 117 Å². The van der Waals surface area contributed by atoms with Crippen molar-refractivity contribution in [3.8, 4) is 23.3 Å². The maximum Gasteiger partial charge on any atom is 0.271 e. The molecule has 2 aromatic heterocycles. The zero-order valence-corrected chi connectivity index (χ0v) is 43.1. The first-order valence-electron chi connectivity index (χ1n) is 23.3. The number of phenolic OH excluding ortho intramolecular Hbond substituents is 2. The number of hydrogen-bond donors (Lipinski definition) is 4. The summed E-state index contributed by atoms with van der Waals surface area (Å²) in [5.41, 5.74) is 9.35. The molecule has 6 aromatic rings. The topological polar surface area (TPSA) is 259 Å². The second-order valence-corrected chi connectivity index (χ2v) is 17.9. The zero-order valence-electron chi connectivity index (χ0n) is 42.0. The van der Waals surface area contributed by atoms with Gasteiger partial charge in [0.05, 0.1) is 26.6 Å². The number of aromatic hydroxyl groups is 4. The number of nitrogens with zero attached hydrogens (tertiary/aromatic N) is 12. The number of non-ortho nitro benzene ring substituents is 2. The third-order valence-electron chi connectivity index (χ3n) is 12.5. The maximum atomic E-state index is 10.7. The summed E-state index contributed by atoms with van der Waals surface area (Å²) in [5, 5.41) is 84.3. The normalized spacial score (nSPS) is 14.7. The Morgan fingerprint density at radius 1 is 0.653 bits per heavy atom. The molecule has 0 saturated heterocycles. The first kappa shape index (κ1) is 55.1. The van der Waals surface area contributed by atoms with Crippen molar-refractivity contribution in [2.45, 2.75) is 91.9 Å². The maximum absolute atomic E-state index is 10.7. The number of rotatable bonds is 13. The number of phenols is 2. The van der Waals surface area contributed by atoms with Gasteiger partial charge in [-0.2, -0.15) is 14.8 Å². The van der Waals surface area contributed by atoms with Gasteiger partial charge in [-0.15, -0.1) is 20.5 Å². The fourth-order valence-corrected chi connectivity index (χ4v) is 8.76. The monoisotopic (exact) mass is 1030 g/mol. The van der Waals surface area contributed by atoms with Crippen molar-refractivity contribution >= 4 is 51.2 Å². The summed E-state index contributed by atoms with van der Waals surface area (Å²) in [5.74, 6) is -0.793. The van der Waals surface area contributed by atoms with Crippen molar-refractivity contribution in [3.05, 3.63) is 139 Å². The number of azo groups is 2. The molecule has 72 heavy (non-hydrogen) atoms. The van der Waals surface area contributed by atoms with Gasteiger partial charge >= 0.3 is 0 Å². The Kier molecular flexibility index (Phi) is 17.6. The molecule has 4 aromatic carbocycles. The van der Waals surface area contributed by atoms with Gasteiger partial charge in [0.25, 0.3) is 11.4 Å². The fourth-order valence-electron chi connectivity index (χ4n) is 8.76. The number of nitro benzene ring substituents is 2. The molecule has 0 bridgehead atoms. The number of para-hydroxylation sites is 2. The summed E-state index contributed by atoms with van der Waals surface area (Å²) in [7, 11) is 3.14. The van der Waals surface area contributed by atoms with Gasteiger partial charge in [-0.3, -0.25) is 20.2 Å². The van der Waals surface area contributed by atoms with Crippen LogP contribution in [0.25, 0.3) is 0 Å². The standard InChI is InChI=1S/C25H31N2.2C13H15N5O4.Co/c1-7-26-20-15-11-9-13-18(20)24(3,4)22(26)17-23-25(5,6)19-14-10-12-16-21(19)27(23)8-2;2*1-3-4-9-12(13(20)17(2)16-9)15-14-10-7-8(18(21)22)5-6-11(10)19;/h9-17H,7-8H2,1-6H3;2*5-7,19-20H,3-4H2,1-2H3;/q+1;;;. The van der Waals surface area contributed by atoms with Crippen LogP contribution in [0.3, 0.4) is 0 Å². The number of hydrogen-bond acceptors (Lipinski definition) is 15. The number of allylic oxidation sites excluding steroid dienone is 2. The van der Waals surface area contributed by atoms with E-state index in [-0.39, 0.29) is 85.0 Å². The minimum atomic E-state index is -0.595. The van der Waals surface area contributed by atoms with E-state index in [0.29, 0.717) is 24.2 Å². The Morgan fingerprint density at radius 3 is 1.56 bits per heavy atom. The zero-order chi connectivity index (χ0) is 51.9. The minimum absolute atomic E-state index is 0. The second-order valence-electron chi connectivity index (χ2n) is 17.9. The average Bonchev–Trinajstić information content (AvgIpc) is 3.93. The summed E-state index contributed by atoms with van der Waals surface area (Å²) in [6, 6.07) is 24.6. The van der Waals surface area contributed by atoms with Gasteiger partial charge in [-0.25, -0.2) is 9.36 Å². The summed E-state index contributed by atoms with van der Waals surface area (Å²) in [4.78, 5) is 22.8. The van der Waals surface area contributed by atoms with Crippen LogP contribution in [-0.2, 0) is 54.5 Å². The SMILES string of the molecule is CCCc1nn(C)c(O)c1N=Nc1cc([N+](=O)[O-])ccc1O.CCCc1nn(C)c(O)c1N=Nc1cc([N+](=O)[O-])ccc1O.CCN1C(=CC2=[N+](CC)c3ccccc3C2(C)C)C(C)(C)c2ccccc21.[Co]. The van der Waals surface area contributed by atoms with Crippen LogP contribution in [0, 0.1) is 20.2 Å². The van der Waals surface area contributed by atoms with E-state index in [0.717, 1.165) is 38.1 Å². The molecular weight excluding hydrogens is 968 g/mol. The third-order valence-corrected chi connectivity index (χ3v) is 12.5. The Balaban J connectivity index is 0.000000201. The van der Waals surface area contributed by atoms with E-state index in [9.17, 15) is 40.7 Å². The molecule has 1 radical (unpaired) electrons. The molecule has 0 unspecified atom stereocenters. The van der Waals surface area contributed by atoms with E-state index < -0.39 is 9.85 Å². The Labute approximate surface area is 427 Å². The van der Waals surface area contributed by atoms with Gasteiger partial charge in [-0.05, 0) is 64.3 Å². The van der Waals surface area contributed by atoms with E-state index in [1.165, 1.54) is 67.5 Å². The second kappa shape index (κ2) is 23.0. The van der Waals surface area contributed by atoms with Crippen LogP contribution in [0.5, 0.6) is 23.3 Å². The number of fused-ring (bicyclic) bond motifs is 2. The van der Waals surface area contributed by atoms with Crippen LogP contribution >= 0.6 is 0 Å². The van der Waals surface area contributed by atoms with Gasteiger partial charge in [0.1, 0.15) is 29.4 Å².